The lowest BCUT2D eigenvalue weighted by Gasteiger charge is -2.38. The van der Waals surface area contributed by atoms with Gasteiger partial charge in [0.15, 0.2) is 0 Å². The van der Waals surface area contributed by atoms with E-state index in [1.165, 1.54) is 0 Å². The molecule has 0 aromatic carbocycles. The molecule has 0 N–H and O–H groups in total. The fourth-order valence-electron chi connectivity index (χ4n) is 1.56. The Morgan fingerprint density at radius 1 is 1.00 bits per heavy atom. The highest BCUT2D eigenvalue weighted by molar-refractivity contribution is 6.62. The first kappa shape index (κ1) is 16.1. The fourth-order valence-corrected chi connectivity index (χ4v) is 4.69. The van der Waals surface area contributed by atoms with Gasteiger partial charge in [0, 0.05) is 18.8 Å². The lowest BCUT2D eigenvalue weighted by molar-refractivity contribution is -0.00715. The summed E-state index contributed by atoms with van der Waals surface area (Å²) in [6.45, 7) is 15.7. The minimum absolute atomic E-state index is 0.222. The monoisotopic (exact) mass is 248 g/mol. The van der Waals surface area contributed by atoms with E-state index in [1.807, 2.05) is 13.8 Å². The highest BCUT2D eigenvalue weighted by Gasteiger charge is 2.48. The zero-order valence-corrected chi connectivity index (χ0v) is 12.9. The number of hydrogen-bond acceptors (Lipinski definition) is 3. The van der Waals surface area contributed by atoms with Crippen LogP contribution in [0.3, 0.4) is 0 Å². The van der Waals surface area contributed by atoms with E-state index >= 15 is 0 Å². The molecule has 16 heavy (non-hydrogen) atoms. The van der Waals surface area contributed by atoms with Gasteiger partial charge in [0.05, 0.1) is 5.60 Å². The van der Waals surface area contributed by atoms with Crippen molar-refractivity contribution in [2.75, 3.05) is 13.2 Å². The smallest absolute Gasteiger partial charge is 0.374 e. The van der Waals surface area contributed by atoms with Gasteiger partial charge in [-0.3, -0.25) is 0 Å². The molecule has 0 spiro atoms. The first-order valence-corrected chi connectivity index (χ1v) is 8.09. The molecule has 0 heterocycles. The van der Waals surface area contributed by atoms with Crippen molar-refractivity contribution >= 4 is 8.80 Å². The van der Waals surface area contributed by atoms with E-state index in [1.54, 1.807) is 0 Å². The molecular weight excluding hydrogens is 220 g/mol. The maximum atomic E-state index is 6.15. The first-order chi connectivity index (χ1) is 7.31. The molecule has 98 valence electrons. The molecule has 4 heteroatoms. The largest absolute Gasteiger partial charge is 0.504 e. The average Bonchev–Trinajstić information content (AvgIpc) is 2.14. The summed E-state index contributed by atoms with van der Waals surface area (Å²) in [5.41, 5.74) is 0.117. The summed E-state index contributed by atoms with van der Waals surface area (Å²) in [5, 5.41) is 0. The summed E-state index contributed by atoms with van der Waals surface area (Å²) in [4.78, 5) is 0. The summed E-state index contributed by atoms with van der Waals surface area (Å²) in [5.74, 6) is 0. The number of rotatable bonds is 7. The van der Waals surface area contributed by atoms with Gasteiger partial charge in [-0.2, -0.15) is 0 Å². The second kappa shape index (κ2) is 6.74. The van der Waals surface area contributed by atoms with Gasteiger partial charge in [0.25, 0.3) is 0 Å². The Bertz CT molecular complexity index is 183. The van der Waals surface area contributed by atoms with Gasteiger partial charge in [-0.25, -0.2) is 0 Å². The molecule has 0 saturated heterocycles. The third-order valence-corrected chi connectivity index (χ3v) is 6.25. The van der Waals surface area contributed by atoms with Crippen LogP contribution in [0.2, 0.25) is 5.54 Å². The van der Waals surface area contributed by atoms with Crippen molar-refractivity contribution in [2.45, 2.75) is 66.0 Å². The molecular formula is C12H28O3Si. The van der Waals surface area contributed by atoms with E-state index in [2.05, 4.69) is 34.6 Å². The lowest BCUT2D eigenvalue weighted by Crippen LogP contribution is -2.53. The molecule has 0 rings (SSSR count). The Morgan fingerprint density at radius 3 is 1.69 bits per heavy atom. The van der Waals surface area contributed by atoms with Gasteiger partial charge in [0.1, 0.15) is 0 Å². The van der Waals surface area contributed by atoms with Crippen LogP contribution in [0.1, 0.15) is 54.9 Å². The zero-order chi connectivity index (χ0) is 12.8. The van der Waals surface area contributed by atoms with Crippen molar-refractivity contribution in [2.24, 2.45) is 0 Å². The molecule has 0 aliphatic rings. The van der Waals surface area contributed by atoms with Crippen LogP contribution >= 0.6 is 0 Å². The van der Waals surface area contributed by atoms with Crippen molar-refractivity contribution in [3.05, 3.63) is 0 Å². The van der Waals surface area contributed by atoms with E-state index in [9.17, 15) is 0 Å². The van der Waals surface area contributed by atoms with E-state index in [0.29, 0.717) is 18.8 Å². The van der Waals surface area contributed by atoms with E-state index in [0.717, 1.165) is 6.42 Å². The summed E-state index contributed by atoms with van der Waals surface area (Å²) >= 11 is 0. The van der Waals surface area contributed by atoms with Crippen molar-refractivity contribution < 1.29 is 13.3 Å². The normalized spacial score (nSPS) is 15.2. The van der Waals surface area contributed by atoms with Crippen LogP contribution < -0.4 is 0 Å². The van der Waals surface area contributed by atoms with Crippen LogP contribution in [0.15, 0.2) is 0 Å². The summed E-state index contributed by atoms with van der Waals surface area (Å²) in [6, 6.07) is 0. The minimum atomic E-state index is -2.53. The third kappa shape index (κ3) is 4.95. The third-order valence-electron chi connectivity index (χ3n) is 2.36. The molecule has 0 amide bonds. The van der Waals surface area contributed by atoms with Crippen molar-refractivity contribution in [3.8, 4) is 0 Å². The predicted molar refractivity (Wildman–Crippen MR) is 69.6 cm³/mol. The van der Waals surface area contributed by atoms with Crippen LogP contribution in [-0.4, -0.2) is 27.6 Å². The second-order valence-electron chi connectivity index (χ2n) is 4.99. The minimum Gasteiger partial charge on any atom is -0.374 e. The van der Waals surface area contributed by atoms with Crippen LogP contribution in [0, 0.1) is 0 Å². The van der Waals surface area contributed by atoms with Crippen LogP contribution in [0.4, 0.5) is 0 Å². The lowest BCUT2D eigenvalue weighted by atomic mass is 10.2. The first-order valence-electron chi connectivity index (χ1n) is 6.29. The van der Waals surface area contributed by atoms with Gasteiger partial charge < -0.3 is 13.3 Å². The second-order valence-corrected chi connectivity index (χ2v) is 7.97. The van der Waals surface area contributed by atoms with Gasteiger partial charge in [-0.1, -0.05) is 13.8 Å². The topological polar surface area (TPSA) is 27.7 Å². The molecule has 3 nitrogen and oxygen atoms in total. The van der Waals surface area contributed by atoms with Crippen LogP contribution in [0.5, 0.6) is 0 Å². The highest BCUT2D eigenvalue weighted by atomic mass is 28.4. The maximum Gasteiger partial charge on any atom is 0.504 e. The van der Waals surface area contributed by atoms with Crippen molar-refractivity contribution in [1.29, 1.82) is 0 Å². The van der Waals surface area contributed by atoms with Crippen molar-refractivity contribution in [3.63, 3.8) is 0 Å². The van der Waals surface area contributed by atoms with E-state index in [4.69, 9.17) is 13.3 Å². The van der Waals surface area contributed by atoms with Gasteiger partial charge in [0.2, 0.25) is 0 Å². The summed E-state index contributed by atoms with van der Waals surface area (Å²) in [6.07, 6.45) is 1.02. The standard InChI is InChI=1S/C12H28O3Si/c1-8-11(4)16(13-9-2,14-10-3)15-12(5,6)7/h11H,8-10H2,1-7H3. The summed E-state index contributed by atoms with van der Waals surface area (Å²) in [7, 11) is -2.53. The SMILES string of the molecule is CCO[Si](OCC)(OC(C)(C)C)C(C)CC. The Hall–Kier alpha value is 0.0969. The van der Waals surface area contributed by atoms with Crippen molar-refractivity contribution in [1.82, 2.24) is 0 Å². The molecule has 0 aromatic heterocycles. The van der Waals surface area contributed by atoms with E-state index < -0.39 is 8.80 Å². The highest BCUT2D eigenvalue weighted by Crippen LogP contribution is 2.32. The fraction of sp³-hybridized carbons (Fsp3) is 1.00. The van der Waals surface area contributed by atoms with Gasteiger partial charge in [-0.05, 0) is 41.0 Å². The predicted octanol–water partition coefficient (Wildman–Crippen LogP) is 3.61. The molecule has 0 aromatic rings. The molecule has 0 aliphatic heterocycles. The molecule has 0 bridgehead atoms. The Balaban J connectivity index is 4.92. The molecule has 1 unspecified atom stereocenters. The summed E-state index contributed by atoms with van der Waals surface area (Å²) < 4.78 is 17.9. The molecule has 0 radical (unpaired) electrons. The van der Waals surface area contributed by atoms with E-state index in [-0.39, 0.29) is 5.60 Å². The quantitative estimate of drug-likeness (QED) is 0.644. The Kier molecular flexibility index (Phi) is 6.78. The Labute approximate surface area is 102 Å². The zero-order valence-electron chi connectivity index (χ0n) is 11.9. The maximum absolute atomic E-state index is 6.15. The molecule has 0 fully saturated rings. The number of hydrogen-bond donors (Lipinski definition) is 0. The van der Waals surface area contributed by atoms with Gasteiger partial charge in [-0.15, -0.1) is 0 Å². The Morgan fingerprint density at radius 2 is 1.44 bits per heavy atom. The van der Waals surface area contributed by atoms with Crippen LogP contribution in [-0.2, 0) is 13.3 Å². The van der Waals surface area contributed by atoms with Crippen LogP contribution in [0.25, 0.3) is 0 Å². The molecule has 0 saturated carbocycles. The molecule has 0 aliphatic carbocycles. The average molecular weight is 248 g/mol. The molecule has 1 atom stereocenters. The van der Waals surface area contributed by atoms with Gasteiger partial charge >= 0.3 is 8.80 Å².